The largest absolute Gasteiger partial charge is 0.490 e. The fraction of sp³-hybridized carbons (Fsp3) is 0.500. The maximum absolute atomic E-state index is 13.1. The number of ether oxygens (including phenoxy) is 2. The number of carbonyl (C=O) groups excluding carboxylic acids is 1. The van der Waals surface area contributed by atoms with Crippen LogP contribution in [0.3, 0.4) is 0 Å². The number of nitrogens with zero attached hydrogens (tertiary/aromatic N) is 2. The van der Waals surface area contributed by atoms with Crippen molar-refractivity contribution in [3.05, 3.63) is 45.1 Å². The van der Waals surface area contributed by atoms with Crippen LogP contribution in [0.2, 0.25) is 4.34 Å². The summed E-state index contributed by atoms with van der Waals surface area (Å²) in [4.78, 5) is 18.5. The number of likely N-dealkylation sites (tertiary alicyclic amines) is 1. The summed E-state index contributed by atoms with van der Waals surface area (Å²) in [5, 5.41) is 0. The van der Waals surface area contributed by atoms with Crippen LogP contribution >= 0.6 is 22.9 Å². The summed E-state index contributed by atoms with van der Waals surface area (Å²) in [6.45, 7) is 6.25. The van der Waals surface area contributed by atoms with Gasteiger partial charge in [0.05, 0.1) is 30.1 Å². The highest BCUT2D eigenvalue weighted by Crippen LogP contribution is 2.38. The van der Waals surface area contributed by atoms with Crippen molar-refractivity contribution in [1.29, 1.82) is 0 Å². The Morgan fingerprint density at radius 3 is 2.79 bits per heavy atom. The van der Waals surface area contributed by atoms with E-state index in [1.54, 1.807) is 11.3 Å². The van der Waals surface area contributed by atoms with Crippen molar-refractivity contribution < 1.29 is 14.3 Å². The Hall–Kier alpha value is -1.76. The van der Waals surface area contributed by atoms with E-state index in [2.05, 4.69) is 24.0 Å². The maximum atomic E-state index is 13.1. The van der Waals surface area contributed by atoms with Crippen LogP contribution in [-0.4, -0.2) is 48.6 Å². The molecule has 0 bridgehead atoms. The Morgan fingerprint density at radius 1 is 1.21 bits per heavy atom. The first kappa shape index (κ1) is 20.5. The molecule has 1 atom stereocenters. The van der Waals surface area contributed by atoms with Gasteiger partial charge in [-0.25, -0.2) is 0 Å². The third-order valence-electron chi connectivity index (χ3n) is 5.54. The summed E-state index contributed by atoms with van der Waals surface area (Å²) in [7, 11) is 0. The first-order chi connectivity index (χ1) is 14.1. The third-order valence-corrected chi connectivity index (χ3v) is 6.76. The molecule has 29 heavy (non-hydrogen) atoms. The van der Waals surface area contributed by atoms with E-state index < -0.39 is 0 Å². The Bertz CT molecular complexity index is 856. The average Bonchev–Trinajstić information content (AvgIpc) is 3.30. The molecule has 2 aliphatic heterocycles. The summed E-state index contributed by atoms with van der Waals surface area (Å²) >= 11 is 7.63. The van der Waals surface area contributed by atoms with Crippen LogP contribution in [0.5, 0.6) is 11.5 Å². The lowest BCUT2D eigenvalue weighted by atomic mass is 10.0. The average molecular weight is 435 g/mol. The van der Waals surface area contributed by atoms with Gasteiger partial charge in [0.15, 0.2) is 11.5 Å². The number of rotatable bonds is 6. The first-order valence-electron chi connectivity index (χ1n) is 10.3. The number of benzene rings is 1. The van der Waals surface area contributed by atoms with Gasteiger partial charge in [-0.3, -0.25) is 9.69 Å². The number of hydrogen-bond donors (Lipinski definition) is 0. The van der Waals surface area contributed by atoms with Crippen molar-refractivity contribution in [2.75, 3.05) is 32.8 Å². The van der Waals surface area contributed by atoms with Crippen LogP contribution in [0.4, 0.5) is 0 Å². The van der Waals surface area contributed by atoms with Crippen LogP contribution in [0.1, 0.15) is 42.7 Å². The number of likely N-dealkylation sites (N-methyl/N-ethyl adjacent to an activating group) is 1. The molecule has 2 aromatic rings. The van der Waals surface area contributed by atoms with E-state index in [1.165, 1.54) is 4.88 Å². The number of fused-ring (bicyclic) bond motifs is 1. The van der Waals surface area contributed by atoms with Crippen molar-refractivity contribution in [2.45, 2.75) is 38.8 Å². The molecule has 1 amide bonds. The van der Waals surface area contributed by atoms with Crippen LogP contribution < -0.4 is 9.47 Å². The highest BCUT2D eigenvalue weighted by molar-refractivity contribution is 7.16. The van der Waals surface area contributed by atoms with Gasteiger partial charge in [-0.2, -0.15) is 0 Å². The van der Waals surface area contributed by atoms with Gasteiger partial charge in [0.2, 0.25) is 5.91 Å². The monoisotopic (exact) mass is 434 g/mol. The number of amides is 1. The second-order valence-electron chi connectivity index (χ2n) is 7.51. The van der Waals surface area contributed by atoms with Gasteiger partial charge >= 0.3 is 0 Å². The molecule has 0 N–H and O–H groups in total. The normalized spacial score (nSPS) is 18.9. The lowest BCUT2D eigenvalue weighted by molar-refractivity contribution is -0.133. The molecular weight excluding hydrogens is 408 g/mol. The molecule has 0 spiro atoms. The molecule has 1 saturated heterocycles. The summed E-state index contributed by atoms with van der Waals surface area (Å²) in [6.07, 6.45) is 2.90. The molecule has 0 unspecified atom stereocenters. The Labute approximate surface area is 181 Å². The number of carbonyl (C=O) groups is 1. The number of hydrogen-bond acceptors (Lipinski definition) is 5. The van der Waals surface area contributed by atoms with E-state index in [0.717, 1.165) is 60.3 Å². The van der Waals surface area contributed by atoms with Crippen LogP contribution in [0, 0.1) is 0 Å². The summed E-state index contributed by atoms with van der Waals surface area (Å²) in [5.74, 6) is 1.78. The molecule has 1 fully saturated rings. The fourth-order valence-corrected chi connectivity index (χ4v) is 5.15. The van der Waals surface area contributed by atoms with E-state index in [0.29, 0.717) is 19.8 Å². The minimum atomic E-state index is 0.106. The SMILES string of the molecule is CCN(CC(=O)N1CCC[C@@H]1c1ccc2c(c1)OCCCO2)Cc1ccc(Cl)s1. The number of thiophene rings is 1. The molecule has 5 nitrogen and oxygen atoms in total. The highest BCUT2D eigenvalue weighted by atomic mass is 35.5. The first-order valence-corrected chi connectivity index (χ1v) is 11.5. The number of halogens is 1. The van der Waals surface area contributed by atoms with Crippen molar-refractivity contribution in [3.8, 4) is 11.5 Å². The predicted molar refractivity (Wildman–Crippen MR) is 116 cm³/mol. The lowest BCUT2D eigenvalue weighted by Crippen LogP contribution is -2.39. The van der Waals surface area contributed by atoms with Crippen molar-refractivity contribution in [1.82, 2.24) is 9.80 Å². The van der Waals surface area contributed by atoms with Gasteiger partial charge in [0.25, 0.3) is 0 Å². The zero-order valence-corrected chi connectivity index (χ0v) is 18.3. The molecule has 0 radical (unpaired) electrons. The quantitative estimate of drug-likeness (QED) is 0.658. The molecule has 0 aliphatic carbocycles. The van der Waals surface area contributed by atoms with Crippen molar-refractivity contribution in [2.24, 2.45) is 0 Å². The predicted octanol–water partition coefficient (Wildman–Crippen LogP) is 4.75. The van der Waals surface area contributed by atoms with E-state index in [4.69, 9.17) is 21.1 Å². The summed E-state index contributed by atoms with van der Waals surface area (Å²) in [5.41, 5.74) is 1.13. The molecule has 156 valence electrons. The molecule has 4 rings (SSSR count). The second-order valence-corrected chi connectivity index (χ2v) is 9.31. The summed E-state index contributed by atoms with van der Waals surface area (Å²) < 4.78 is 12.4. The van der Waals surface area contributed by atoms with E-state index in [1.807, 2.05) is 23.1 Å². The van der Waals surface area contributed by atoms with E-state index >= 15 is 0 Å². The minimum absolute atomic E-state index is 0.106. The zero-order valence-electron chi connectivity index (χ0n) is 16.7. The Balaban J connectivity index is 1.44. The molecule has 1 aromatic heterocycles. The molecule has 1 aromatic carbocycles. The van der Waals surface area contributed by atoms with E-state index in [-0.39, 0.29) is 11.9 Å². The van der Waals surface area contributed by atoms with Gasteiger partial charge in [-0.05, 0) is 49.2 Å². The van der Waals surface area contributed by atoms with Crippen LogP contribution in [-0.2, 0) is 11.3 Å². The molecule has 2 aliphatic rings. The van der Waals surface area contributed by atoms with Crippen LogP contribution in [0.15, 0.2) is 30.3 Å². The van der Waals surface area contributed by atoms with E-state index in [9.17, 15) is 4.79 Å². The summed E-state index contributed by atoms with van der Waals surface area (Å²) in [6, 6.07) is 10.2. The zero-order chi connectivity index (χ0) is 20.2. The smallest absolute Gasteiger partial charge is 0.237 e. The van der Waals surface area contributed by atoms with Gasteiger partial charge in [0, 0.05) is 24.4 Å². The van der Waals surface area contributed by atoms with Gasteiger partial charge in [0.1, 0.15) is 0 Å². The fourth-order valence-electron chi connectivity index (χ4n) is 4.02. The topological polar surface area (TPSA) is 42.0 Å². The molecule has 3 heterocycles. The highest BCUT2D eigenvalue weighted by Gasteiger charge is 2.31. The molecular formula is C22H27ClN2O3S. The van der Waals surface area contributed by atoms with Gasteiger partial charge in [-0.15, -0.1) is 11.3 Å². The second kappa shape index (κ2) is 9.37. The third kappa shape index (κ3) is 4.87. The van der Waals surface area contributed by atoms with Crippen LogP contribution in [0.25, 0.3) is 0 Å². The van der Waals surface area contributed by atoms with Crippen molar-refractivity contribution >= 4 is 28.8 Å². The molecule has 7 heteroatoms. The molecule has 0 saturated carbocycles. The van der Waals surface area contributed by atoms with Crippen molar-refractivity contribution in [3.63, 3.8) is 0 Å². The maximum Gasteiger partial charge on any atom is 0.237 e. The standard InChI is InChI=1S/C22H27ClN2O3S/c1-2-24(14-17-7-9-21(23)29-17)15-22(26)25-10-3-5-18(25)16-6-8-19-20(13-16)28-12-4-11-27-19/h6-9,13,18H,2-5,10-12,14-15H2,1H3/t18-/m1/s1. The minimum Gasteiger partial charge on any atom is -0.490 e. The van der Waals surface area contributed by atoms with Gasteiger partial charge < -0.3 is 14.4 Å². The van der Waals surface area contributed by atoms with Gasteiger partial charge in [-0.1, -0.05) is 24.6 Å². The lowest BCUT2D eigenvalue weighted by Gasteiger charge is -2.28. The Kier molecular flexibility index (Phi) is 6.63. The Morgan fingerprint density at radius 2 is 2.03 bits per heavy atom.